The molecule has 0 atom stereocenters. The quantitative estimate of drug-likeness (QED) is 0.838. The molecule has 2 aliphatic carbocycles. The molecule has 4 rings (SSSR count). The first-order chi connectivity index (χ1) is 10.3. The molecule has 0 amide bonds. The summed E-state index contributed by atoms with van der Waals surface area (Å²) in [5.74, 6) is -0.187. The van der Waals surface area contributed by atoms with Crippen LogP contribution in [0.25, 0.3) is 10.9 Å². The van der Waals surface area contributed by atoms with Gasteiger partial charge in [0.2, 0.25) is 0 Å². The van der Waals surface area contributed by atoms with Crippen LogP contribution in [0.15, 0.2) is 24.4 Å². The fourth-order valence-corrected chi connectivity index (χ4v) is 3.48. The minimum absolute atomic E-state index is 0.187. The van der Waals surface area contributed by atoms with Gasteiger partial charge in [0.05, 0.1) is 12.1 Å². The molecule has 0 unspecified atom stereocenters. The van der Waals surface area contributed by atoms with Gasteiger partial charge in [0.15, 0.2) is 0 Å². The Labute approximate surface area is 124 Å². The SMILES string of the molecule is Fc1ccc2nn(CCN(C3CCC3)C3CCC3)cc2c1. The van der Waals surface area contributed by atoms with E-state index in [-0.39, 0.29) is 5.82 Å². The van der Waals surface area contributed by atoms with Crippen LogP contribution in [0.2, 0.25) is 0 Å². The summed E-state index contributed by atoms with van der Waals surface area (Å²) in [5.41, 5.74) is 0.884. The van der Waals surface area contributed by atoms with Crippen LogP contribution < -0.4 is 0 Å². The molecule has 0 N–H and O–H groups in total. The number of halogens is 1. The summed E-state index contributed by atoms with van der Waals surface area (Å²) in [7, 11) is 0. The van der Waals surface area contributed by atoms with Crippen LogP contribution >= 0.6 is 0 Å². The molecule has 1 aromatic heterocycles. The third kappa shape index (κ3) is 2.57. The first-order valence-corrected chi connectivity index (χ1v) is 8.18. The lowest BCUT2D eigenvalue weighted by Gasteiger charge is -2.46. The number of hydrogen-bond donors (Lipinski definition) is 0. The van der Waals surface area contributed by atoms with Crippen LogP contribution in [0.3, 0.4) is 0 Å². The fraction of sp³-hybridized carbons (Fsp3) is 0.588. The highest BCUT2D eigenvalue weighted by molar-refractivity contribution is 5.77. The zero-order valence-electron chi connectivity index (χ0n) is 12.3. The van der Waals surface area contributed by atoms with Gasteiger partial charge in [-0.15, -0.1) is 0 Å². The highest BCUT2D eigenvalue weighted by Crippen LogP contribution is 2.33. The lowest BCUT2D eigenvalue weighted by Crippen LogP contribution is -2.50. The monoisotopic (exact) mass is 287 g/mol. The minimum atomic E-state index is -0.187. The normalized spacial score (nSPS) is 19.9. The molecule has 0 radical (unpaired) electrons. The average Bonchev–Trinajstić information content (AvgIpc) is 2.73. The molecule has 0 bridgehead atoms. The maximum absolute atomic E-state index is 13.2. The van der Waals surface area contributed by atoms with E-state index in [9.17, 15) is 4.39 Å². The molecule has 3 nitrogen and oxygen atoms in total. The largest absolute Gasteiger partial charge is 0.296 e. The van der Waals surface area contributed by atoms with Gasteiger partial charge in [-0.25, -0.2) is 4.39 Å². The van der Waals surface area contributed by atoms with Gasteiger partial charge in [0.25, 0.3) is 0 Å². The van der Waals surface area contributed by atoms with Gasteiger partial charge in [-0.05, 0) is 43.9 Å². The molecule has 2 fully saturated rings. The van der Waals surface area contributed by atoms with Crippen LogP contribution in [0.1, 0.15) is 38.5 Å². The van der Waals surface area contributed by atoms with Gasteiger partial charge in [-0.2, -0.15) is 5.10 Å². The summed E-state index contributed by atoms with van der Waals surface area (Å²) in [6.45, 7) is 1.98. The zero-order chi connectivity index (χ0) is 14.2. The molecular formula is C17H22FN3. The predicted octanol–water partition coefficient (Wildman–Crippen LogP) is 3.58. The molecule has 21 heavy (non-hydrogen) atoms. The number of nitrogens with zero attached hydrogens (tertiary/aromatic N) is 3. The fourth-order valence-electron chi connectivity index (χ4n) is 3.48. The second-order valence-corrected chi connectivity index (χ2v) is 6.50. The minimum Gasteiger partial charge on any atom is -0.296 e. The first-order valence-electron chi connectivity index (χ1n) is 8.18. The van der Waals surface area contributed by atoms with Crippen molar-refractivity contribution in [3.63, 3.8) is 0 Å². The van der Waals surface area contributed by atoms with E-state index in [4.69, 9.17) is 0 Å². The van der Waals surface area contributed by atoms with E-state index < -0.39 is 0 Å². The summed E-state index contributed by atoms with van der Waals surface area (Å²) in [6, 6.07) is 6.41. The predicted molar refractivity (Wildman–Crippen MR) is 81.7 cm³/mol. The molecule has 2 aromatic rings. The summed E-state index contributed by atoms with van der Waals surface area (Å²) in [5, 5.41) is 5.45. The molecule has 2 saturated carbocycles. The third-order valence-corrected chi connectivity index (χ3v) is 5.19. The molecule has 0 saturated heterocycles. The standard InChI is InChI=1S/C17H22FN3/c18-14-7-8-17-13(11-14)12-20(19-17)9-10-21(15-3-1-4-15)16-5-2-6-16/h7-8,11-12,15-16H,1-6,9-10H2. The Morgan fingerprint density at radius 1 is 1.14 bits per heavy atom. The van der Waals surface area contributed by atoms with E-state index in [0.29, 0.717) is 0 Å². The summed E-state index contributed by atoms with van der Waals surface area (Å²) >= 11 is 0. The van der Waals surface area contributed by atoms with Crippen molar-refractivity contribution in [2.24, 2.45) is 0 Å². The van der Waals surface area contributed by atoms with Crippen molar-refractivity contribution in [1.82, 2.24) is 14.7 Å². The Hall–Kier alpha value is -1.42. The Balaban J connectivity index is 1.45. The van der Waals surface area contributed by atoms with E-state index in [2.05, 4.69) is 10.00 Å². The van der Waals surface area contributed by atoms with Crippen molar-refractivity contribution in [3.05, 3.63) is 30.2 Å². The summed E-state index contributed by atoms with van der Waals surface area (Å²) < 4.78 is 15.2. The molecule has 4 heteroatoms. The van der Waals surface area contributed by atoms with Crippen LogP contribution in [0.4, 0.5) is 4.39 Å². The molecule has 112 valence electrons. The van der Waals surface area contributed by atoms with Crippen molar-refractivity contribution in [2.75, 3.05) is 6.54 Å². The van der Waals surface area contributed by atoms with Gasteiger partial charge < -0.3 is 0 Å². The molecule has 0 spiro atoms. The Kier molecular flexibility index (Phi) is 3.42. The van der Waals surface area contributed by atoms with Crippen LogP contribution in [-0.4, -0.2) is 33.3 Å². The Bertz CT molecular complexity index is 614. The van der Waals surface area contributed by atoms with E-state index in [0.717, 1.165) is 36.1 Å². The summed E-state index contributed by atoms with van der Waals surface area (Å²) in [4.78, 5) is 2.71. The molecule has 2 aliphatic rings. The van der Waals surface area contributed by atoms with Crippen molar-refractivity contribution < 1.29 is 4.39 Å². The maximum atomic E-state index is 13.2. The molecular weight excluding hydrogens is 265 g/mol. The third-order valence-electron chi connectivity index (χ3n) is 5.19. The van der Waals surface area contributed by atoms with E-state index >= 15 is 0 Å². The Morgan fingerprint density at radius 3 is 2.48 bits per heavy atom. The highest BCUT2D eigenvalue weighted by Gasteiger charge is 2.33. The number of rotatable bonds is 5. The van der Waals surface area contributed by atoms with Crippen molar-refractivity contribution in [1.29, 1.82) is 0 Å². The topological polar surface area (TPSA) is 21.1 Å². The van der Waals surface area contributed by atoms with Crippen molar-refractivity contribution in [2.45, 2.75) is 57.2 Å². The van der Waals surface area contributed by atoms with E-state index in [1.54, 1.807) is 12.1 Å². The lowest BCUT2D eigenvalue weighted by atomic mass is 9.84. The summed E-state index contributed by atoms with van der Waals surface area (Å²) in [6.07, 6.45) is 10.2. The second-order valence-electron chi connectivity index (χ2n) is 6.50. The number of benzene rings is 1. The number of aromatic nitrogens is 2. The van der Waals surface area contributed by atoms with Gasteiger partial charge in [0.1, 0.15) is 5.82 Å². The van der Waals surface area contributed by atoms with E-state index in [1.807, 2.05) is 10.9 Å². The number of fused-ring (bicyclic) bond motifs is 1. The average molecular weight is 287 g/mol. The Morgan fingerprint density at radius 2 is 1.86 bits per heavy atom. The maximum Gasteiger partial charge on any atom is 0.124 e. The molecule has 1 aromatic carbocycles. The van der Waals surface area contributed by atoms with Crippen LogP contribution in [-0.2, 0) is 6.54 Å². The highest BCUT2D eigenvalue weighted by atomic mass is 19.1. The van der Waals surface area contributed by atoms with E-state index in [1.165, 1.54) is 44.6 Å². The van der Waals surface area contributed by atoms with Gasteiger partial charge >= 0.3 is 0 Å². The smallest absolute Gasteiger partial charge is 0.124 e. The zero-order valence-corrected chi connectivity index (χ0v) is 12.3. The molecule has 1 heterocycles. The lowest BCUT2D eigenvalue weighted by molar-refractivity contribution is 0.0368. The van der Waals surface area contributed by atoms with Crippen LogP contribution in [0, 0.1) is 5.82 Å². The molecule has 0 aliphatic heterocycles. The van der Waals surface area contributed by atoms with Crippen molar-refractivity contribution >= 4 is 10.9 Å². The second kappa shape index (κ2) is 5.41. The van der Waals surface area contributed by atoms with Crippen molar-refractivity contribution in [3.8, 4) is 0 Å². The van der Waals surface area contributed by atoms with Gasteiger partial charge in [-0.3, -0.25) is 9.58 Å². The van der Waals surface area contributed by atoms with Gasteiger partial charge in [0, 0.05) is 30.2 Å². The van der Waals surface area contributed by atoms with Crippen LogP contribution in [0.5, 0.6) is 0 Å². The number of hydrogen-bond acceptors (Lipinski definition) is 2. The first kappa shape index (κ1) is 13.3. The van der Waals surface area contributed by atoms with Gasteiger partial charge in [-0.1, -0.05) is 12.8 Å².